The van der Waals surface area contributed by atoms with E-state index in [-0.39, 0.29) is 5.69 Å². The van der Waals surface area contributed by atoms with Crippen LogP contribution in [0.3, 0.4) is 0 Å². The second kappa shape index (κ2) is 5.11. The maximum atomic E-state index is 12.2. The molecule has 0 saturated carbocycles. The number of ether oxygens (including phenoxy) is 1. The number of nitro groups is 1. The van der Waals surface area contributed by atoms with Gasteiger partial charge in [-0.3, -0.25) is 15.0 Å². The number of carbonyl (C=O) groups excluding carboxylic acids is 1. The minimum Gasteiger partial charge on any atom is -0.443 e. The van der Waals surface area contributed by atoms with Crippen molar-refractivity contribution in [2.75, 3.05) is 11.4 Å². The Labute approximate surface area is 117 Å². The van der Waals surface area contributed by atoms with Gasteiger partial charge in [-0.05, 0) is 39.7 Å². The van der Waals surface area contributed by atoms with E-state index in [4.69, 9.17) is 4.74 Å². The minimum absolute atomic E-state index is 0.0655. The van der Waals surface area contributed by atoms with Crippen LogP contribution in [0.2, 0.25) is 0 Å². The van der Waals surface area contributed by atoms with Crippen LogP contribution in [-0.2, 0) is 11.2 Å². The predicted octanol–water partition coefficient (Wildman–Crippen LogP) is 3.28. The molecule has 0 aliphatic carbocycles. The molecule has 0 N–H and O–H groups in total. The maximum absolute atomic E-state index is 12.2. The summed E-state index contributed by atoms with van der Waals surface area (Å²) in [4.78, 5) is 24.3. The predicted molar refractivity (Wildman–Crippen MR) is 75.0 cm³/mol. The quantitative estimate of drug-likeness (QED) is 0.583. The largest absolute Gasteiger partial charge is 0.443 e. The third kappa shape index (κ3) is 2.89. The summed E-state index contributed by atoms with van der Waals surface area (Å²) in [6.45, 7) is 5.90. The number of carbonyl (C=O) groups is 1. The molecule has 1 aliphatic rings. The molecule has 0 saturated heterocycles. The summed E-state index contributed by atoms with van der Waals surface area (Å²) in [5.41, 5.74) is 0.667. The molecule has 1 heterocycles. The Hall–Kier alpha value is -2.11. The monoisotopic (exact) mass is 278 g/mol. The normalized spacial score (nSPS) is 14.7. The van der Waals surface area contributed by atoms with Crippen LogP contribution < -0.4 is 4.90 Å². The third-order valence-corrected chi connectivity index (χ3v) is 3.04. The van der Waals surface area contributed by atoms with Crippen LogP contribution in [0.15, 0.2) is 18.2 Å². The Morgan fingerprint density at radius 2 is 2.10 bits per heavy atom. The molecule has 0 radical (unpaired) electrons. The Morgan fingerprint density at radius 1 is 1.40 bits per heavy atom. The Morgan fingerprint density at radius 3 is 2.70 bits per heavy atom. The van der Waals surface area contributed by atoms with Crippen LogP contribution in [0.4, 0.5) is 16.2 Å². The molecule has 1 aromatic carbocycles. The topological polar surface area (TPSA) is 72.7 Å². The molecule has 0 fully saturated rings. The van der Waals surface area contributed by atoms with Crippen LogP contribution in [0, 0.1) is 10.1 Å². The molecule has 2 rings (SSSR count). The molecule has 0 aromatic heterocycles. The first kappa shape index (κ1) is 14.3. The number of hydrogen-bond donors (Lipinski definition) is 0. The molecule has 0 bridgehead atoms. The summed E-state index contributed by atoms with van der Waals surface area (Å²) in [5.74, 6) is 0. The summed E-state index contributed by atoms with van der Waals surface area (Å²) in [5, 5.41) is 11.0. The van der Waals surface area contributed by atoms with E-state index < -0.39 is 16.6 Å². The summed E-state index contributed by atoms with van der Waals surface area (Å²) in [6, 6.07) is 4.79. The number of fused-ring (bicyclic) bond motifs is 1. The standard InChI is InChI=1S/C14H18N2O4/c1-14(2,3)20-13(17)15-9-5-6-10-11(15)7-4-8-12(10)16(18)19/h4,7-8H,5-6,9H2,1-3H3. The Kier molecular flexibility index (Phi) is 3.65. The fourth-order valence-electron chi connectivity index (χ4n) is 2.28. The first-order valence-corrected chi connectivity index (χ1v) is 6.56. The van der Waals surface area contributed by atoms with Gasteiger partial charge in [-0.15, -0.1) is 0 Å². The Balaban J connectivity index is 2.36. The van der Waals surface area contributed by atoms with Crippen molar-refractivity contribution in [3.8, 4) is 0 Å². The van der Waals surface area contributed by atoms with Gasteiger partial charge in [0, 0.05) is 12.6 Å². The van der Waals surface area contributed by atoms with E-state index in [2.05, 4.69) is 0 Å². The van der Waals surface area contributed by atoms with E-state index >= 15 is 0 Å². The van der Waals surface area contributed by atoms with E-state index in [1.54, 1.807) is 32.9 Å². The van der Waals surface area contributed by atoms with Gasteiger partial charge in [-0.1, -0.05) is 6.07 Å². The number of benzene rings is 1. The molecule has 0 spiro atoms. The number of nitrogens with zero attached hydrogens (tertiary/aromatic N) is 2. The van der Waals surface area contributed by atoms with Gasteiger partial charge in [0.15, 0.2) is 0 Å². The first-order chi connectivity index (χ1) is 9.29. The average Bonchev–Trinajstić information content (AvgIpc) is 2.35. The molecule has 1 aromatic rings. The van der Waals surface area contributed by atoms with Crippen molar-refractivity contribution >= 4 is 17.5 Å². The lowest BCUT2D eigenvalue weighted by atomic mass is 10.0. The molecule has 1 amide bonds. The van der Waals surface area contributed by atoms with Gasteiger partial charge >= 0.3 is 6.09 Å². The van der Waals surface area contributed by atoms with Crippen molar-refractivity contribution < 1.29 is 14.5 Å². The van der Waals surface area contributed by atoms with E-state index in [0.29, 0.717) is 30.6 Å². The highest BCUT2D eigenvalue weighted by atomic mass is 16.6. The van der Waals surface area contributed by atoms with Crippen LogP contribution in [-0.4, -0.2) is 23.2 Å². The van der Waals surface area contributed by atoms with Gasteiger partial charge in [0.1, 0.15) is 5.60 Å². The fraction of sp³-hybridized carbons (Fsp3) is 0.500. The lowest BCUT2D eigenvalue weighted by Gasteiger charge is -2.31. The highest BCUT2D eigenvalue weighted by molar-refractivity contribution is 5.90. The maximum Gasteiger partial charge on any atom is 0.414 e. The van der Waals surface area contributed by atoms with Gasteiger partial charge < -0.3 is 4.74 Å². The van der Waals surface area contributed by atoms with Crippen molar-refractivity contribution in [2.45, 2.75) is 39.2 Å². The van der Waals surface area contributed by atoms with Gasteiger partial charge in [-0.2, -0.15) is 0 Å². The molecule has 1 aliphatic heterocycles. The molecular formula is C14H18N2O4. The second-order valence-corrected chi connectivity index (χ2v) is 5.77. The first-order valence-electron chi connectivity index (χ1n) is 6.56. The number of rotatable bonds is 1. The molecule has 0 atom stereocenters. The van der Waals surface area contributed by atoms with Gasteiger partial charge in [0.25, 0.3) is 5.69 Å². The molecule has 20 heavy (non-hydrogen) atoms. The average molecular weight is 278 g/mol. The van der Waals surface area contributed by atoms with Crippen molar-refractivity contribution in [2.24, 2.45) is 0 Å². The minimum atomic E-state index is -0.588. The van der Waals surface area contributed by atoms with Crippen LogP contribution >= 0.6 is 0 Å². The molecule has 0 unspecified atom stereocenters. The zero-order valence-corrected chi connectivity index (χ0v) is 11.9. The lowest BCUT2D eigenvalue weighted by Crippen LogP contribution is -2.39. The van der Waals surface area contributed by atoms with Crippen molar-refractivity contribution in [3.63, 3.8) is 0 Å². The Bertz CT molecular complexity index is 549. The van der Waals surface area contributed by atoms with Crippen molar-refractivity contribution in [3.05, 3.63) is 33.9 Å². The zero-order valence-electron chi connectivity index (χ0n) is 11.9. The number of nitro benzene ring substituents is 1. The molecule has 6 heteroatoms. The van der Waals surface area contributed by atoms with Gasteiger partial charge in [-0.25, -0.2) is 4.79 Å². The van der Waals surface area contributed by atoms with Crippen LogP contribution in [0.1, 0.15) is 32.8 Å². The smallest absolute Gasteiger partial charge is 0.414 e. The second-order valence-electron chi connectivity index (χ2n) is 5.77. The van der Waals surface area contributed by atoms with E-state index in [9.17, 15) is 14.9 Å². The summed E-state index contributed by atoms with van der Waals surface area (Å²) < 4.78 is 5.35. The van der Waals surface area contributed by atoms with Crippen molar-refractivity contribution in [1.29, 1.82) is 0 Å². The zero-order chi connectivity index (χ0) is 14.9. The molecular weight excluding hydrogens is 260 g/mol. The van der Waals surface area contributed by atoms with E-state index in [1.807, 2.05) is 0 Å². The number of amides is 1. The summed E-state index contributed by atoms with van der Waals surface area (Å²) in [6.07, 6.45) is 0.835. The van der Waals surface area contributed by atoms with Crippen LogP contribution in [0.25, 0.3) is 0 Å². The molecule has 6 nitrogen and oxygen atoms in total. The molecule has 108 valence electrons. The van der Waals surface area contributed by atoms with Crippen molar-refractivity contribution in [1.82, 2.24) is 0 Å². The lowest BCUT2D eigenvalue weighted by molar-refractivity contribution is -0.385. The van der Waals surface area contributed by atoms with Gasteiger partial charge in [0.2, 0.25) is 0 Å². The summed E-state index contributed by atoms with van der Waals surface area (Å²) in [7, 11) is 0. The van der Waals surface area contributed by atoms with Crippen LogP contribution in [0.5, 0.6) is 0 Å². The highest BCUT2D eigenvalue weighted by Crippen LogP contribution is 2.34. The number of anilines is 1. The number of hydrogen-bond acceptors (Lipinski definition) is 4. The SMILES string of the molecule is CC(C)(C)OC(=O)N1CCCc2c1cccc2[N+](=O)[O-]. The third-order valence-electron chi connectivity index (χ3n) is 3.04. The fourth-order valence-corrected chi connectivity index (χ4v) is 2.28. The van der Waals surface area contributed by atoms with E-state index in [1.165, 1.54) is 11.0 Å². The van der Waals surface area contributed by atoms with E-state index in [0.717, 1.165) is 0 Å². The van der Waals surface area contributed by atoms with Gasteiger partial charge in [0.05, 0.1) is 16.2 Å². The highest BCUT2D eigenvalue weighted by Gasteiger charge is 2.30. The summed E-state index contributed by atoms with van der Waals surface area (Å²) >= 11 is 0.